The fraction of sp³-hybridized carbons (Fsp3) is 0.312. The van der Waals surface area contributed by atoms with Crippen molar-refractivity contribution in [3.8, 4) is 0 Å². The van der Waals surface area contributed by atoms with E-state index in [1.54, 1.807) is 0 Å². The molecule has 0 atom stereocenters. The largest absolute Gasteiger partial charge is 0.354 e. The van der Waals surface area contributed by atoms with Crippen LogP contribution in [0, 0.1) is 6.92 Å². The number of carbonyl (C=O) groups is 2. The van der Waals surface area contributed by atoms with Gasteiger partial charge in [0.1, 0.15) is 5.01 Å². The van der Waals surface area contributed by atoms with Gasteiger partial charge in [0.25, 0.3) is 5.91 Å². The Morgan fingerprint density at radius 1 is 1.35 bits per heavy atom. The van der Waals surface area contributed by atoms with Crippen LogP contribution < -0.4 is 10.6 Å². The zero-order valence-electron chi connectivity index (χ0n) is 14.1. The third-order valence-electron chi connectivity index (χ3n) is 3.82. The van der Waals surface area contributed by atoms with Crippen molar-refractivity contribution in [2.75, 3.05) is 19.6 Å². The Morgan fingerprint density at radius 3 is 2.69 bits per heavy atom. The number of aryl methyl sites for hydroxylation is 1. The van der Waals surface area contributed by atoms with E-state index in [2.05, 4.69) is 15.6 Å². The van der Waals surface area contributed by atoms with E-state index in [0.717, 1.165) is 15.0 Å². The molecule has 1 aliphatic rings. The maximum Gasteiger partial charge on any atom is 0.251 e. The number of hydrogen-bond donors (Lipinski definition) is 2. The minimum Gasteiger partial charge on any atom is -0.354 e. The topological polar surface area (TPSA) is 108 Å². The van der Waals surface area contributed by atoms with Crippen molar-refractivity contribution in [1.82, 2.24) is 19.9 Å². The molecule has 2 N–H and O–H groups in total. The van der Waals surface area contributed by atoms with Gasteiger partial charge in [-0.3, -0.25) is 9.59 Å². The normalized spacial score (nSPS) is 15.5. The molecule has 0 aliphatic carbocycles. The number of rotatable bonds is 5. The number of sulfonamides is 1. The molecular formula is C16H18N4O4S2. The van der Waals surface area contributed by atoms with Crippen LogP contribution in [0.2, 0.25) is 0 Å². The van der Waals surface area contributed by atoms with Gasteiger partial charge in [-0.15, -0.1) is 11.3 Å². The maximum absolute atomic E-state index is 12.6. The van der Waals surface area contributed by atoms with Crippen molar-refractivity contribution in [3.63, 3.8) is 0 Å². The number of nitrogens with zero attached hydrogens (tertiary/aromatic N) is 2. The van der Waals surface area contributed by atoms with Crippen LogP contribution in [0.3, 0.4) is 0 Å². The lowest BCUT2D eigenvalue weighted by atomic mass is 10.2. The fourth-order valence-electron chi connectivity index (χ4n) is 2.49. The van der Waals surface area contributed by atoms with Gasteiger partial charge >= 0.3 is 0 Å². The number of aromatic nitrogens is 1. The molecule has 2 heterocycles. The molecule has 0 saturated carbocycles. The van der Waals surface area contributed by atoms with Crippen molar-refractivity contribution in [2.45, 2.75) is 18.4 Å². The summed E-state index contributed by atoms with van der Waals surface area (Å²) in [6, 6.07) is 5.67. The van der Waals surface area contributed by atoms with E-state index in [4.69, 9.17) is 0 Å². The smallest absolute Gasteiger partial charge is 0.251 e. The van der Waals surface area contributed by atoms with Crippen LogP contribution >= 0.6 is 11.3 Å². The Bertz CT molecular complexity index is 922. The molecule has 2 amide bonds. The minimum atomic E-state index is -3.76. The molecule has 3 rings (SSSR count). The first-order chi connectivity index (χ1) is 12.4. The van der Waals surface area contributed by atoms with Gasteiger partial charge in [-0.2, -0.15) is 4.31 Å². The predicted octanol–water partition coefficient (Wildman–Crippen LogP) is 0.502. The molecule has 2 aromatic rings. The minimum absolute atomic E-state index is 0.0549. The van der Waals surface area contributed by atoms with Crippen LogP contribution in [0.1, 0.15) is 21.1 Å². The maximum atomic E-state index is 12.6. The Kier molecular flexibility index (Phi) is 5.35. The van der Waals surface area contributed by atoms with E-state index in [9.17, 15) is 18.0 Å². The number of piperazine rings is 1. The highest BCUT2D eigenvalue weighted by molar-refractivity contribution is 7.89. The van der Waals surface area contributed by atoms with Crippen LogP contribution in [-0.4, -0.2) is 49.2 Å². The number of thiazole rings is 1. The van der Waals surface area contributed by atoms with E-state index < -0.39 is 10.0 Å². The third kappa shape index (κ3) is 4.09. The highest BCUT2D eigenvalue weighted by atomic mass is 32.2. The van der Waals surface area contributed by atoms with Crippen LogP contribution in [0.25, 0.3) is 0 Å². The molecule has 1 aromatic heterocycles. The molecule has 1 saturated heterocycles. The molecule has 26 heavy (non-hydrogen) atoms. The van der Waals surface area contributed by atoms with Crippen molar-refractivity contribution < 1.29 is 18.0 Å². The van der Waals surface area contributed by atoms with Gasteiger partial charge in [0.2, 0.25) is 15.9 Å². The number of amides is 2. The first-order valence-electron chi connectivity index (χ1n) is 7.92. The molecule has 10 heteroatoms. The average molecular weight is 394 g/mol. The number of nitrogens with one attached hydrogen (secondary N) is 2. The van der Waals surface area contributed by atoms with Gasteiger partial charge in [0.05, 0.1) is 18.0 Å². The predicted molar refractivity (Wildman–Crippen MR) is 96.2 cm³/mol. The second-order valence-electron chi connectivity index (χ2n) is 5.78. The summed E-state index contributed by atoms with van der Waals surface area (Å²) in [7, 11) is -3.76. The first-order valence-corrected chi connectivity index (χ1v) is 10.2. The quantitative estimate of drug-likeness (QED) is 0.768. The Balaban J connectivity index is 1.67. The zero-order valence-corrected chi connectivity index (χ0v) is 15.7. The highest BCUT2D eigenvalue weighted by Crippen LogP contribution is 2.17. The molecule has 0 unspecified atom stereocenters. The van der Waals surface area contributed by atoms with E-state index in [-0.39, 0.29) is 36.3 Å². The van der Waals surface area contributed by atoms with E-state index in [1.165, 1.54) is 35.6 Å². The van der Waals surface area contributed by atoms with Crippen molar-refractivity contribution >= 4 is 33.2 Å². The molecule has 0 radical (unpaired) electrons. The lowest BCUT2D eigenvalue weighted by Crippen LogP contribution is -2.49. The Labute approximate surface area is 155 Å². The fourth-order valence-corrected chi connectivity index (χ4v) is 4.60. The average Bonchev–Trinajstić information content (AvgIpc) is 3.05. The van der Waals surface area contributed by atoms with Gasteiger partial charge in [0, 0.05) is 29.7 Å². The summed E-state index contributed by atoms with van der Waals surface area (Å²) < 4.78 is 26.3. The van der Waals surface area contributed by atoms with Gasteiger partial charge in [-0.05, 0) is 31.2 Å². The second kappa shape index (κ2) is 7.52. The molecule has 1 aliphatic heterocycles. The van der Waals surface area contributed by atoms with Crippen molar-refractivity contribution in [3.05, 3.63) is 45.9 Å². The lowest BCUT2D eigenvalue weighted by Gasteiger charge is -2.25. The lowest BCUT2D eigenvalue weighted by molar-refractivity contribution is -0.122. The molecule has 0 spiro atoms. The summed E-state index contributed by atoms with van der Waals surface area (Å²) in [5, 5.41) is 8.05. The molecule has 8 nitrogen and oxygen atoms in total. The number of carbonyl (C=O) groups excluding carboxylic acids is 2. The van der Waals surface area contributed by atoms with Gasteiger partial charge in [-0.1, -0.05) is 0 Å². The Morgan fingerprint density at radius 2 is 2.08 bits per heavy atom. The summed E-state index contributed by atoms with van der Waals surface area (Å²) in [6.07, 6.45) is 0. The zero-order chi connectivity index (χ0) is 18.7. The molecule has 0 bridgehead atoms. The van der Waals surface area contributed by atoms with Crippen LogP contribution in [0.5, 0.6) is 0 Å². The SMILES string of the molecule is Cc1csc(CNC(=O)c2ccc(S(=O)(=O)N3CCNC(=O)C3)cc2)n1. The summed E-state index contributed by atoms with van der Waals surface area (Å²) >= 11 is 1.47. The van der Waals surface area contributed by atoms with Crippen molar-refractivity contribution in [1.29, 1.82) is 0 Å². The van der Waals surface area contributed by atoms with Gasteiger partial charge in [0.15, 0.2) is 0 Å². The third-order valence-corrected chi connectivity index (χ3v) is 6.65. The second-order valence-corrected chi connectivity index (χ2v) is 8.66. The van der Waals surface area contributed by atoms with Crippen molar-refractivity contribution in [2.24, 2.45) is 0 Å². The monoisotopic (exact) mass is 394 g/mol. The van der Waals surface area contributed by atoms with Gasteiger partial charge in [-0.25, -0.2) is 13.4 Å². The molecular weight excluding hydrogens is 376 g/mol. The van der Waals surface area contributed by atoms with Crippen LogP contribution in [-0.2, 0) is 21.4 Å². The number of benzene rings is 1. The molecule has 138 valence electrons. The summed E-state index contributed by atoms with van der Waals surface area (Å²) in [4.78, 5) is 27.9. The van der Waals surface area contributed by atoms with E-state index >= 15 is 0 Å². The highest BCUT2D eigenvalue weighted by Gasteiger charge is 2.29. The van der Waals surface area contributed by atoms with Gasteiger partial charge < -0.3 is 10.6 Å². The molecule has 1 aromatic carbocycles. The summed E-state index contributed by atoms with van der Waals surface area (Å²) in [5.74, 6) is -0.632. The standard InChI is InChI=1S/C16H18N4O4S2/c1-11-10-25-15(19-11)8-18-16(22)12-2-4-13(5-3-12)26(23,24)20-7-6-17-14(21)9-20/h2-5,10H,6-9H2,1H3,(H,17,21)(H,18,22). The first kappa shape index (κ1) is 18.5. The summed E-state index contributed by atoms with van der Waals surface area (Å²) in [6.45, 7) is 2.52. The molecule has 1 fully saturated rings. The van der Waals surface area contributed by atoms with E-state index in [0.29, 0.717) is 12.1 Å². The summed E-state index contributed by atoms with van der Waals surface area (Å²) in [5.41, 5.74) is 1.26. The van der Waals surface area contributed by atoms with Crippen LogP contribution in [0.15, 0.2) is 34.5 Å². The number of hydrogen-bond acceptors (Lipinski definition) is 6. The van der Waals surface area contributed by atoms with E-state index in [1.807, 2.05) is 12.3 Å². The Hall–Kier alpha value is -2.30. The van der Waals surface area contributed by atoms with Crippen LogP contribution in [0.4, 0.5) is 0 Å².